The third kappa shape index (κ3) is 2.57. The fourth-order valence-electron chi connectivity index (χ4n) is 3.79. The Kier molecular flexibility index (Phi) is 3.05. The van der Waals surface area contributed by atoms with E-state index in [4.69, 9.17) is 9.47 Å². The molecule has 2 aliphatic heterocycles. The highest BCUT2D eigenvalue weighted by Gasteiger charge is 2.44. The molecule has 1 aliphatic carbocycles. The number of piperidine rings is 1. The average molecular weight is 308 g/mol. The van der Waals surface area contributed by atoms with E-state index in [1.54, 1.807) is 6.20 Å². The second-order valence-corrected chi connectivity index (χ2v) is 6.92. The van der Waals surface area contributed by atoms with Gasteiger partial charge in [-0.1, -0.05) is 24.3 Å². The molecule has 0 bridgehead atoms. The third-order valence-corrected chi connectivity index (χ3v) is 5.19. The first-order valence-corrected chi connectivity index (χ1v) is 8.41. The van der Waals surface area contributed by atoms with Crippen LogP contribution in [-0.2, 0) is 6.54 Å². The molecule has 118 valence electrons. The van der Waals surface area contributed by atoms with E-state index in [1.807, 2.05) is 12.1 Å². The van der Waals surface area contributed by atoms with Crippen LogP contribution in [0.5, 0.6) is 11.6 Å². The normalized spacial score (nSPS) is 28.4. The summed E-state index contributed by atoms with van der Waals surface area (Å²) < 4.78 is 11.7. The van der Waals surface area contributed by atoms with Crippen molar-refractivity contribution in [1.29, 1.82) is 0 Å². The van der Waals surface area contributed by atoms with Crippen molar-refractivity contribution in [2.45, 2.75) is 19.1 Å². The van der Waals surface area contributed by atoms with E-state index >= 15 is 0 Å². The van der Waals surface area contributed by atoms with Crippen LogP contribution in [0.2, 0.25) is 0 Å². The summed E-state index contributed by atoms with van der Waals surface area (Å²) in [6, 6.07) is 12.5. The summed E-state index contributed by atoms with van der Waals surface area (Å²) in [4.78, 5) is 6.82. The van der Waals surface area contributed by atoms with Gasteiger partial charge in [-0.2, -0.15) is 0 Å². The number of aromatic nitrogens is 1. The molecule has 3 heterocycles. The van der Waals surface area contributed by atoms with Crippen LogP contribution in [0.15, 0.2) is 42.6 Å². The van der Waals surface area contributed by atoms with Crippen molar-refractivity contribution in [2.75, 3.05) is 19.7 Å². The van der Waals surface area contributed by atoms with Crippen molar-refractivity contribution in [3.8, 4) is 11.6 Å². The number of likely N-dealkylation sites (tertiary alicyclic amines) is 1. The Morgan fingerprint density at radius 3 is 2.74 bits per heavy atom. The number of ether oxygens (including phenoxy) is 2. The molecule has 2 aromatic rings. The third-order valence-electron chi connectivity index (χ3n) is 5.19. The van der Waals surface area contributed by atoms with Gasteiger partial charge in [-0.3, -0.25) is 4.90 Å². The highest BCUT2D eigenvalue weighted by Crippen LogP contribution is 2.45. The van der Waals surface area contributed by atoms with Crippen LogP contribution in [0.25, 0.3) is 0 Å². The highest BCUT2D eigenvalue weighted by molar-refractivity contribution is 5.36. The van der Waals surface area contributed by atoms with Gasteiger partial charge in [0.1, 0.15) is 6.61 Å². The Balaban J connectivity index is 1.26. The van der Waals surface area contributed by atoms with Gasteiger partial charge in [-0.25, -0.2) is 4.98 Å². The van der Waals surface area contributed by atoms with Gasteiger partial charge in [0.05, 0.1) is 0 Å². The lowest BCUT2D eigenvalue weighted by molar-refractivity contribution is 0.0851. The van der Waals surface area contributed by atoms with Crippen LogP contribution in [0.1, 0.15) is 23.7 Å². The predicted molar refractivity (Wildman–Crippen MR) is 86.4 cm³/mol. The van der Waals surface area contributed by atoms with Crippen molar-refractivity contribution >= 4 is 0 Å². The minimum atomic E-state index is -0.0779. The van der Waals surface area contributed by atoms with E-state index < -0.39 is 0 Å². The van der Waals surface area contributed by atoms with Crippen LogP contribution >= 0.6 is 0 Å². The summed E-state index contributed by atoms with van der Waals surface area (Å²) in [5, 5.41) is 0. The Morgan fingerprint density at radius 2 is 1.91 bits per heavy atom. The van der Waals surface area contributed by atoms with Crippen LogP contribution in [0, 0.1) is 11.8 Å². The largest absolute Gasteiger partial charge is 0.484 e. The van der Waals surface area contributed by atoms with Gasteiger partial charge in [0.15, 0.2) is 11.9 Å². The second kappa shape index (κ2) is 5.24. The van der Waals surface area contributed by atoms with E-state index in [0.29, 0.717) is 12.5 Å². The molecular formula is C19H20N2O2. The van der Waals surface area contributed by atoms with Gasteiger partial charge >= 0.3 is 0 Å². The summed E-state index contributed by atoms with van der Waals surface area (Å²) in [6.45, 7) is 4.18. The maximum Gasteiger partial charge on any atom is 0.257 e. The fraction of sp³-hybridized carbons (Fsp3) is 0.421. The molecule has 1 saturated heterocycles. The summed E-state index contributed by atoms with van der Waals surface area (Å²) >= 11 is 0. The number of nitrogens with zero attached hydrogens (tertiary/aromatic N) is 2. The van der Waals surface area contributed by atoms with Crippen LogP contribution in [-0.4, -0.2) is 29.6 Å². The molecule has 1 saturated carbocycles. The smallest absolute Gasteiger partial charge is 0.257 e. The van der Waals surface area contributed by atoms with E-state index in [-0.39, 0.29) is 6.10 Å². The number of hydrogen-bond acceptors (Lipinski definition) is 4. The molecule has 2 unspecified atom stereocenters. The molecule has 3 aliphatic rings. The molecule has 23 heavy (non-hydrogen) atoms. The first-order valence-electron chi connectivity index (χ1n) is 8.41. The minimum absolute atomic E-state index is 0.0779. The molecule has 2 fully saturated rings. The predicted octanol–water partition coefficient (Wildman–Crippen LogP) is 3.05. The van der Waals surface area contributed by atoms with Gasteiger partial charge in [0, 0.05) is 25.8 Å². The Hall–Kier alpha value is -2.07. The quantitative estimate of drug-likeness (QED) is 0.873. The average Bonchev–Trinajstić information content (AvgIpc) is 3.21. The lowest BCUT2D eigenvalue weighted by Crippen LogP contribution is -2.23. The van der Waals surface area contributed by atoms with E-state index in [2.05, 4.69) is 34.1 Å². The van der Waals surface area contributed by atoms with Crippen molar-refractivity contribution in [3.05, 3.63) is 53.7 Å². The van der Waals surface area contributed by atoms with Crippen molar-refractivity contribution < 1.29 is 9.47 Å². The van der Waals surface area contributed by atoms with Gasteiger partial charge in [-0.05, 0) is 41.5 Å². The minimum Gasteiger partial charge on any atom is -0.484 e. The maximum absolute atomic E-state index is 5.96. The lowest BCUT2D eigenvalue weighted by Gasteiger charge is -2.26. The maximum atomic E-state index is 5.96. The number of pyridine rings is 1. The van der Waals surface area contributed by atoms with Crippen LogP contribution < -0.4 is 9.47 Å². The zero-order chi connectivity index (χ0) is 15.2. The number of rotatable bonds is 3. The molecule has 3 atom stereocenters. The summed E-state index contributed by atoms with van der Waals surface area (Å²) in [5.74, 6) is 3.31. The van der Waals surface area contributed by atoms with E-state index in [9.17, 15) is 0 Å². The fourth-order valence-corrected chi connectivity index (χ4v) is 3.79. The van der Waals surface area contributed by atoms with Gasteiger partial charge in [0.25, 0.3) is 5.88 Å². The summed E-state index contributed by atoms with van der Waals surface area (Å²) in [6.07, 6.45) is 3.11. The summed E-state index contributed by atoms with van der Waals surface area (Å²) in [7, 11) is 0. The Bertz CT molecular complexity index is 706. The molecule has 4 nitrogen and oxygen atoms in total. The Morgan fingerprint density at radius 1 is 1.09 bits per heavy atom. The second-order valence-electron chi connectivity index (χ2n) is 6.92. The molecule has 0 amide bonds. The molecular weight excluding hydrogens is 288 g/mol. The van der Waals surface area contributed by atoms with Gasteiger partial charge < -0.3 is 9.47 Å². The summed E-state index contributed by atoms with van der Waals surface area (Å²) in [5.41, 5.74) is 2.53. The molecule has 0 N–H and O–H groups in total. The van der Waals surface area contributed by atoms with E-state index in [0.717, 1.165) is 29.7 Å². The van der Waals surface area contributed by atoms with Crippen molar-refractivity contribution in [2.24, 2.45) is 11.8 Å². The highest BCUT2D eigenvalue weighted by atomic mass is 16.6. The monoisotopic (exact) mass is 308 g/mol. The van der Waals surface area contributed by atoms with Gasteiger partial charge in [-0.15, -0.1) is 0 Å². The van der Waals surface area contributed by atoms with Crippen molar-refractivity contribution in [1.82, 2.24) is 9.88 Å². The first-order chi connectivity index (χ1) is 11.3. The zero-order valence-electron chi connectivity index (χ0n) is 13.0. The van der Waals surface area contributed by atoms with Gasteiger partial charge in [0.2, 0.25) is 0 Å². The zero-order valence-corrected chi connectivity index (χ0v) is 13.0. The Labute approximate surface area is 136 Å². The first kappa shape index (κ1) is 13.4. The molecule has 0 radical (unpaired) electrons. The number of fused-ring (bicyclic) bond motifs is 2. The molecule has 1 aromatic carbocycles. The molecule has 1 aromatic heterocycles. The molecule has 5 rings (SSSR count). The van der Waals surface area contributed by atoms with Crippen molar-refractivity contribution in [3.63, 3.8) is 0 Å². The molecule has 4 heteroatoms. The number of hydrogen-bond donors (Lipinski definition) is 0. The van der Waals surface area contributed by atoms with Crippen LogP contribution in [0.3, 0.4) is 0 Å². The lowest BCUT2D eigenvalue weighted by atomic mass is 10.1. The number of benzene rings is 1. The standard InChI is InChI=1S/C19H20N2O2/c1-2-17-19(20-7-1)23-18(12-22-17)14-5-3-13(4-6-14)9-21-10-15-8-16(15)11-21/h1-7,15-16,18H,8-12H2/t15?,16?,18-/m1/s1. The topological polar surface area (TPSA) is 34.6 Å². The SMILES string of the molecule is c1cnc2c(c1)OC[C@H](c1ccc(CN3CC4CC4C3)cc1)O2. The van der Waals surface area contributed by atoms with E-state index in [1.165, 1.54) is 25.1 Å². The van der Waals surface area contributed by atoms with Crippen LogP contribution in [0.4, 0.5) is 0 Å². The molecule has 0 spiro atoms.